The standard InChI is InChI=1S/C25H29ClN2O7/c1-24(2)34-13-25(14-35-24)6-5-19-16-10-22(33-8-4-7-32-3)18(26)9-15(16)20-11-21(29)17(23(30)31)12-27(20)28(19)25/h9-12,19H,4-8,13-14H2,1-3H3,(H,30,31)/t19-/m1/s1. The van der Waals surface area contributed by atoms with Crippen LogP contribution in [0, 0.1) is 0 Å². The van der Waals surface area contributed by atoms with Gasteiger partial charge in [0.2, 0.25) is 0 Å². The number of benzene rings is 1. The molecule has 3 aliphatic heterocycles. The van der Waals surface area contributed by atoms with Gasteiger partial charge < -0.3 is 24.1 Å². The average Bonchev–Trinajstić information content (AvgIpc) is 3.18. The van der Waals surface area contributed by atoms with E-state index < -0.39 is 22.7 Å². The minimum atomic E-state index is -1.27. The third-order valence-corrected chi connectivity index (χ3v) is 7.32. The van der Waals surface area contributed by atoms with E-state index in [9.17, 15) is 14.7 Å². The minimum Gasteiger partial charge on any atom is -0.492 e. The lowest BCUT2D eigenvalue weighted by molar-refractivity contribution is -0.268. The number of hydrogen-bond acceptors (Lipinski definition) is 7. The summed E-state index contributed by atoms with van der Waals surface area (Å²) in [6, 6.07) is 5.00. The molecule has 1 aromatic heterocycles. The minimum absolute atomic E-state index is 0.103. The van der Waals surface area contributed by atoms with Crippen molar-refractivity contribution in [3.05, 3.63) is 50.8 Å². The Labute approximate surface area is 208 Å². The quantitative estimate of drug-likeness (QED) is 0.596. The van der Waals surface area contributed by atoms with Crippen molar-refractivity contribution < 1.29 is 28.8 Å². The van der Waals surface area contributed by atoms with Crippen LogP contribution in [0.4, 0.5) is 0 Å². The van der Waals surface area contributed by atoms with E-state index in [1.165, 1.54) is 12.3 Å². The SMILES string of the molecule is COCCCOc1cc2c(cc1Cl)-c1cc(=O)c(C(=O)O)cn1N1[C@@H]2CCC12COC(C)(C)OC2. The van der Waals surface area contributed by atoms with Crippen molar-refractivity contribution in [3.63, 3.8) is 0 Å². The number of ether oxygens (including phenoxy) is 4. The Bertz CT molecular complexity index is 1220. The van der Waals surface area contributed by atoms with Crippen molar-refractivity contribution in [2.75, 3.05) is 38.5 Å². The van der Waals surface area contributed by atoms with Crippen molar-refractivity contribution in [1.29, 1.82) is 0 Å². The fourth-order valence-electron chi connectivity index (χ4n) is 5.24. The highest BCUT2D eigenvalue weighted by Gasteiger charge is 2.54. The highest BCUT2D eigenvalue weighted by molar-refractivity contribution is 6.32. The van der Waals surface area contributed by atoms with Gasteiger partial charge in [-0.15, -0.1) is 0 Å². The molecule has 0 amide bonds. The average molecular weight is 505 g/mol. The lowest BCUT2D eigenvalue weighted by atomic mass is 9.94. The summed E-state index contributed by atoms with van der Waals surface area (Å²) >= 11 is 6.59. The van der Waals surface area contributed by atoms with Gasteiger partial charge in [0.1, 0.15) is 16.9 Å². The molecule has 1 N–H and O–H groups in total. The molecule has 3 aliphatic rings. The molecule has 0 unspecified atom stereocenters. The number of carbonyl (C=O) groups is 1. The highest BCUT2D eigenvalue weighted by atomic mass is 35.5. The number of nitrogens with zero attached hydrogens (tertiary/aromatic N) is 2. The van der Waals surface area contributed by atoms with E-state index >= 15 is 0 Å². The van der Waals surface area contributed by atoms with Crippen molar-refractivity contribution in [2.45, 2.75) is 50.5 Å². The number of carboxylic acid groups (broad SMARTS) is 1. The van der Waals surface area contributed by atoms with Gasteiger partial charge in [-0.05, 0) is 44.4 Å². The number of halogens is 1. The van der Waals surface area contributed by atoms with Crippen molar-refractivity contribution in [3.8, 4) is 17.0 Å². The lowest BCUT2D eigenvalue weighted by Gasteiger charge is -2.51. The number of carboxylic acids is 1. The Morgan fingerprint density at radius 1 is 1.23 bits per heavy atom. The van der Waals surface area contributed by atoms with Gasteiger partial charge in [-0.3, -0.25) is 14.5 Å². The number of hydrogen-bond donors (Lipinski definition) is 1. The van der Waals surface area contributed by atoms with Crippen LogP contribution in [0.1, 0.15) is 55.1 Å². The van der Waals surface area contributed by atoms with Crippen LogP contribution in [0.15, 0.2) is 29.2 Å². The van der Waals surface area contributed by atoms with Gasteiger partial charge in [0.15, 0.2) is 11.2 Å². The van der Waals surface area contributed by atoms with Crippen LogP contribution in [-0.2, 0) is 14.2 Å². The monoisotopic (exact) mass is 504 g/mol. The molecule has 9 nitrogen and oxygen atoms in total. The second-order valence-electron chi connectivity index (χ2n) is 9.75. The first-order valence-electron chi connectivity index (χ1n) is 11.7. The third-order valence-electron chi connectivity index (χ3n) is 7.02. The van der Waals surface area contributed by atoms with Gasteiger partial charge in [-0.1, -0.05) is 11.6 Å². The number of aromatic carboxylic acids is 1. The lowest BCUT2D eigenvalue weighted by Crippen LogP contribution is -2.63. The summed E-state index contributed by atoms with van der Waals surface area (Å²) in [4.78, 5) is 24.5. The van der Waals surface area contributed by atoms with E-state index in [2.05, 4.69) is 5.01 Å². The summed E-state index contributed by atoms with van der Waals surface area (Å²) in [5.74, 6) is -1.40. The van der Waals surface area contributed by atoms with Gasteiger partial charge in [0, 0.05) is 38.0 Å². The van der Waals surface area contributed by atoms with Crippen LogP contribution in [0.3, 0.4) is 0 Å². The summed E-state index contributed by atoms with van der Waals surface area (Å²) in [7, 11) is 1.64. The maximum Gasteiger partial charge on any atom is 0.341 e. The van der Waals surface area contributed by atoms with Crippen LogP contribution in [-0.4, -0.2) is 60.6 Å². The third kappa shape index (κ3) is 4.10. The Morgan fingerprint density at radius 2 is 1.97 bits per heavy atom. The van der Waals surface area contributed by atoms with Crippen LogP contribution in [0.25, 0.3) is 11.3 Å². The molecule has 2 saturated heterocycles. The predicted octanol–water partition coefficient (Wildman–Crippen LogP) is 3.59. The van der Waals surface area contributed by atoms with Crippen LogP contribution >= 0.6 is 11.6 Å². The topological polar surface area (TPSA) is 99.5 Å². The van der Waals surface area contributed by atoms with E-state index in [0.717, 1.165) is 30.4 Å². The summed E-state index contributed by atoms with van der Waals surface area (Å²) in [5, 5.41) is 12.2. The van der Waals surface area contributed by atoms with Crippen molar-refractivity contribution in [1.82, 2.24) is 4.68 Å². The highest BCUT2D eigenvalue weighted by Crippen LogP contribution is 2.51. The largest absolute Gasteiger partial charge is 0.492 e. The Balaban J connectivity index is 1.64. The molecular weight excluding hydrogens is 476 g/mol. The first kappa shape index (κ1) is 24.1. The van der Waals surface area contributed by atoms with E-state index in [4.69, 9.17) is 30.5 Å². The van der Waals surface area contributed by atoms with E-state index in [1.54, 1.807) is 17.9 Å². The molecule has 10 heteroatoms. The van der Waals surface area contributed by atoms with E-state index in [-0.39, 0.29) is 11.6 Å². The summed E-state index contributed by atoms with van der Waals surface area (Å²) < 4.78 is 25.0. The van der Waals surface area contributed by atoms with Gasteiger partial charge in [-0.2, -0.15) is 0 Å². The molecule has 0 saturated carbocycles. The molecule has 1 atom stereocenters. The Morgan fingerprint density at radius 3 is 2.66 bits per heavy atom. The fourth-order valence-corrected chi connectivity index (χ4v) is 5.46. The van der Waals surface area contributed by atoms with E-state index in [0.29, 0.717) is 42.9 Å². The maximum atomic E-state index is 12.7. The Kier molecular flexibility index (Phi) is 6.07. The van der Waals surface area contributed by atoms with Crippen LogP contribution in [0.2, 0.25) is 5.02 Å². The molecule has 0 radical (unpaired) electrons. The number of methoxy groups -OCH3 is 1. The molecule has 1 aromatic carbocycles. The van der Waals surface area contributed by atoms with Crippen LogP contribution in [0.5, 0.6) is 5.75 Å². The molecule has 1 spiro atoms. The summed E-state index contributed by atoms with van der Waals surface area (Å²) in [6.07, 6.45) is 3.70. The number of rotatable bonds is 6. The zero-order valence-electron chi connectivity index (χ0n) is 20.0. The molecule has 5 rings (SSSR count). The summed E-state index contributed by atoms with van der Waals surface area (Å²) in [6.45, 7) is 5.61. The van der Waals surface area contributed by atoms with Gasteiger partial charge in [0.25, 0.3) is 0 Å². The molecule has 2 fully saturated rings. The van der Waals surface area contributed by atoms with Crippen molar-refractivity contribution in [2.24, 2.45) is 0 Å². The Hall–Kier alpha value is -2.59. The first-order valence-corrected chi connectivity index (χ1v) is 12.1. The van der Waals surface area contributed by atoms with Gasteiger partial charge >= 0.3 is 5.97 Å². The van der Waals surface area contributed by atoms with E-state index in [1.807, 2.05) is 19.9 Å². The molecule has 4 heterocycles. The zero-order valence-corrected chi connectivity index (χ0v) is 20.8. The first-order chi connectivity index (χ1) is 16.7. The number of fused-ring (bicyclic) bond motifs is 7. The van der Waals surface area contributed by atoms with Crippen LogP contribution < -0.4 is 15.2 Å². The molecule has 2 aromatic rings. The second-order valence-corrected chi connectivity index (χ2v) is 10.2. The molecule has 188 valence electrons. The summed E-state index contributed by atoms with van der Waals surface area (Å²) in [5.41, 5.74) is 0.960. The normalized spacial score (nSPS) is 21.4. The molecule has 35 heavy (non-hydrogen) atoms. The second kappa shape index (κ2) is 8.81. The van der Waals surface area contributed by atoms with Gasteiger partial charge in [-0.25, -0.2) is 4.79 Å². The van der Waals surface area contributed by atoms with Crippen molar-refractivity contribution >= 4 is 17.6 Å². The zero-order chi connectivity index (χ0) is 25.0. The number of pyridine rings is 1. The fraction of sp³-hybridized carbons (Fsp3) is 0.520. The molecule has 0 bridgehead atoms. The number of aromatic nitrogens is 1. The smallest absolute Gasteiger partial charge is 0.341 e. The molecular formula is C25H29ClN2O7. The predicted molar refractivity (Wildman–Crippen MR) is 129 cm³/mol. The van der Waals surface area contributed by atoms with Gasteiger partial charge in [0.05, 0.1) is 36.6 Å². The maximum absolute atomic E-state index is 12.7. The molecule has 0 aliphatic carbocycles.